The minimum atomic E-state index is -0.0471. The van der Waals surface area contributed by atoms with Crippen molar-refractivity contribution < 1.29 is 4.79 Å². The summed E-state index contributed by atoms with van der Waals surface area (Å²) in [6, 6.07) is 1.86. The van der Waals surface area contributed by atoms with Crippen LogP contribution in [0.1, 0.15) is 5.69 Å². The zero-order chi connectivity index (χ0) is 11.7. The molecule has 1 aliphatic rings. The third-order valence-electron chi connectivity index (χ3n) is 2.16. The van der Waals surface area contributed by atoms with Crippen molar-refractivity contribution in [3.8, 4) is 0 Å². The van der Waals surface area contributed by atoms with E-state index >= 15 is 0 Å². The average molecular weight is 264 g/mol. The van der Waals surface area contributed by atoms with Crippen molar-refractivity contribution >= 4 is 39.6 Å². The minimum Gasteiger partial charge on any atom is -0.291 e. The molecule has 0 atom stereocenters. The number of aromatic nitrogens is 3. The predicted octanol–water partition coefficient (Wildman–Crippen LogP) is 1.59. The van der Waals surface area contributed by atoms with Gasteiger partial charge < -0.3 is 0 Å². The molecule has 17 heavy (non-hydrogen) atoms. The molecule has 2 aromatic heterocycles. The van der Waals surface area contributed by atoms with E-state index in [1.807, 2.05) is 22.9 Å². The van der Waals surface area contributed by atoms with Gasteiger partial charge in [0, 0.05) is 24.3 Å². The van der Waals surface area contributed by atoms with Crippen LogP contribution in [0.15, 0.2) is 29.6 Å². The number of fused-ring (bicyclic) bond motifs is 1. The Labute approximate surface area is 106 Å². The molecule has 1 amide bonds. The number of imidazole rings is 1. The number of hydrogen-bond donors (Lipinski definition) is 0. The highest BCUT2D eigenvalue weighted by Gasteiger charge is 2.15. The second-order valence-electron chi connectivity index (χ2n) is 3.41. The van der Waals surface area contributed by atoms with E-state index in [-0.39, 0.29) is 5.91 Å². The maximum atomic E-state index is 11.0. The van der Waals surface area contributed by atoms with Gasteiger partial charge in [-0.25, -0.2) is 9.97 Å². The van der Waals surface area contributed by atoms with Crippen LogP contribution < -0.4 is 0 Å². The molecule has 3 heterocycles. The lowest BCUT2D eigenvalue weighted by Crippen LogP contribution is -1.86. The van der Waals surface area contributed by atoms with Crippen LogP contribution in [0.5, 0.6) is 0 Å². The van der Waals surface area contributed by atoms with Gasteiger partial charge in [0.15, 0.2) is 0 Å². The Morgan fingerprint density at radius 2 is 2.47 bits per heavy atom. The Morgan fingerprint density at radius 1 is 1.53 bits per heavy atom. The Bertz CT molecular complexity index is 574. The van der Waals surface area contributed by atoms with Gasteiger partial charge in [0.1, 0.15) is 4.38 Å². The van der Waals surface area contributed by atoms with Gasteiger partial charge in [0.05, 0.1) is 11.4 Å². The molecule has 0 aliphatic carbocycles. The van der Waals surface area contributed by atoms with Crippen LogP contribution in [0.2, 0.25) is 0 Å². The third-order valence-corrected chi connectivity index (χ3v) is 4.38. The molecule has 2 aromatic rings. The van der Waals surface area contributed by atoms with Crippen LogP contribution in [0.4, 0.5) is 0 Å². The zero-order valence-corrected chi connectivity index (χ0v) is 10.4. The largest absolute Gasteiger partial charge is 0.291 e. The van der Waals surface area contributed by atoms with Gasteiger partial charge in [-0.2, -0.15) is 4.99 Å². The van der Waals surface area contributed by atoms with Crippen LogP contribution in [-0.4, -0.2) is 30.4 Å². The van der Waals surface area contributed by atoms with Gasteiger partial charge in [0.2, 0.25) is 5.78 Å². The summed E-state index contributed by atoms with van der Waals surface area (Å²) in [5, 5.41) is 0. The maximum absolute atomic E-state index is 11.0. The summed E-state index contributed by atoms with van der Waals surface area (Å²) in [6.45, 7) is 0. The van der Waals surface area contributed by atoms with Crippen molar-refractivity contribution in [3.63, 3.8) is 0 Å². The summed E-state index contributed by atoms with van der Waals surface area (Å²) >= 11 is 3.03. The lowest BCUT2D eigenvalue weighted by molar-refractivity contribution is -0.115. The lowest BCUT2D eigenvalue weighted by Gasteiger charge is -1.94. The van der Waals surface area contributed by atoms with Crippen molar-refractivity contribution in [2.45, 2.75) is 5.75 Å². The Hall–Kier alpha value is -1.34. The van der Waals surface area contributed by atoms with Crippen molar-refractivity contribution in [2.24, 2.45) is 4.99 Å². The van der Waals surface area contributed by atoms with Gasteiger partial charge >= 0.3 is 0 Å². The number of amides is 1. The molecule has 0 aromatic carbocycles. The molecular formula is C10H8N4OS2. The van der Waals surface area contributed by atoms with E-state index in [1.54, 1.807) is 18.0 Å². The first-order valence-corrected chi connectivity index (χ1v) is 6.94. The molecule has 1 aliphatic heterocycles. The summed E-state index contributed by atoms with van der Waals surface area (Å²) in [6.07, 6.45) is 5.57. The topological polar surface area (TPSA) is 59.6 Å². The van der Waals surface area contributed by atoms with E-state index in [0.717, 1.165) is 10.1 Å². The van der Waals surface area contributed by atoms with Crippen LogP contribution in [0.25, 0.3) is 5.78 Å². The van der Waals surface area contributed by atoms with Crippen LogP contribution in [-0.2, 0) is 10.5 Å². The van der Waals surface area contributed by atoms with Gasteiger partial charge in [-0.15, -0.1) is 0 Å². The highest BCUT2D eigenvalue weighted by molar-refractivity contribution is 8.39. The number of nitrogens with zero attached hydrogens (tertiary/aromatic N) is 4. The lowest BCUT2D eigenvalue weighted by atomic mass is 10.6. The van der Waals surface area contributed by atoms with E-state index in [4.69, 9.17) is 0 Å². The summed E-state index contributed by atoms with van der Waals surface area (Å²) in [5.41, 5.74) is 0.941. The number of aliphatic imine (C=N–C) groups is 1. The smallest absolute Gasteiger partial charge is 0.257 e. The Balaban J connectivity index is 1.73. The predicted molar refractivity (Wildman–Crippen MR) is 69.2 cm³/mol. The molecule has 0 saturated carbocycles. The maximum Gasteiger partial charge on any atom is 0.257 e. The van der Waals surface area contributed by atoms with E-state index < -0.39 is 0 Å². The number of carbonyl (C=O) groups is 1. The third kappa shape index (κ3) is 2.34. The quantitative estimate of drug-likeness (QED) is 0.824. The summed E-state index contributed by atoms with van der Waals surface area (Å²) < 4.78 is 2.71. The van der Waals surface area contributed by atoms with Crippen LogP contribution in [0, 0.1) is 0 Å². The highest BCUT2D eigenvalue weighted by Crippen LogP contribution is 2.25. The molecule has 0 unspecified atom stereocenters. The Kier molecular flexibility index (Phi) is 2.86. The minimum absolute atomic E-state index is 0.0471. The van der Waals surface area contributed by atoms with Crippen molar-refractivity contribution in [2.75, 3.05) is 5.75 Å². The highest BCUT2D eigenvalue weighted by atomic mass is 32.2. The Morgan fingerprint density at radius 3 is 3.24 bits per heavy atom. The standard InChI is InChI=1S/C10H8N4OS2/c15-8-6-17-10(13-8)16-5-7-4-14-3-1-2-11-9(14)12-7/h1-4H,5-6H2. The fraction of sp³-hybridized carbons (Fsp3) is 0.200. The second kappa shape index (κ2) is 4.50. The normalized spacial score (nSPS) is 15.5. The van der Waals surface area contributed by atoms with Crippen molar-refractivity contribution in [1.29, 1.82) is 0 Å². The molecule has 0 fully saturated rings. The van der Waals surface area contributed by atoms with E-state index in [9.17, 15) is 4.79 Å². The van der Waals surface area contributed by atoms with E-state index in [1.165, 1.54) is 11.8 Å². The van der Waals surface area contributed by atoms with E-state index in [0.29, 0.717) is 17.3 Å². The van der Waals surface area contributed by atoms with Crippen LogP contribution in [0.3, 0.4) is 0 Å². The first-order chi connectivity index (χ1) is 8.31. The van der Waals surface area contributed by atoms with Crippen LogP contribution >= 0.6 is 23.5 Å². The molecule has 0 N–H and O–H groups in total. The van der Waals surface area contributed by atoms with E-state index in [2.05, 4.69) is 15.0 Å². The first kappa shape index (κ1) is 10.8. The molecule has 86 valence electrons. The van der Waals surface area contributed by atoms with Gasteiger partial charge in [-0.05, 0) is 6.07 Å². The molecule has 0 spiro atoms. The van der Waals surface area contributed by atoms with Gasteiger partial charge in [0.25, 0.3) is 5.91 Å². The zero-order valence-electron chi connectivity index (χ0n) is 8.74. The number of rotatable bonds is 2. The second-order valence-corrected chi connectivity index (χ2v) is 5.59. The molecule has 5 nitrogen and oxygen atoms in total. The summed E-state index contributed by atoms with van der Waals surface area (Å²) in [5.74, 6) is 1.83. The number of hydrogen-bond acceptors (Lipinski definition) is 5. The molecule has 3 rings (SSSR count). The number of thioether (sulfide) groups is 2. The fourth-order valence-corrected chi connectivity index (χ4v) is 3.19. The van der Waals surface area contributed by atoms with Crippen molar-refractivity contribution in [1.82, 2.24) is 14.4 Å². The number of carbonyl (C=O) groups excluding carboxylic acids is 1. The molecular weight excluding hydrogens is 256 g/mol. The summed E-state index contributed by atoms with van der Waals surface area (Å²) in [7, 11) is 0. The van der Waals surface area contributed by atoms with Gasteiger partial charge in [-0.3, -0.25) is 9.20 Å². The monoisotopic (exact) mass is 264 g/mol. The van der Waals surface area contributed by atoms with Crippen molar-refractivity contribution in [3.05, 3.63) is 30.4 Å². The van der Waals surface area contributed by atoms with Gasteiger partial charge in [-0.1, -0.05) is 23.5 Å². The SMILES string of the molecule is O=C1CSC(SCc2cn3cccnc3n2)=N1. The summed E-state index contributed by atoms with van der Waals surface area (Å²) in [4.78, 5) is 23.4. The molecule has 7 heteroatoms. The average Bonchev–Trinajstić information content (AvgIpc) is 2.91. The fourth-order valence-electron chi connectivity index (χ4n) is 1.45. The first-order valence-electron chi connectivity index (χ1n) is 4.97. The molecule has 0 radical (unpaired) electrons. The molecule has 0 bridgehead atoms. The molecule has 0 saturated heterocycles.